The molecule has 0 aromatic heterocycles. The maximum Gasteiger partial charge on any atom is 0.334 e. The molecule has 0 aromatic rings. The summed E-state index contributed by atoms with van der Waals surface area (Å²) in [5, 5.41) is 0. The summed E-state index contributed by atoms with van der Waals surface area (Å²) >= 11 is 0. The lowest BCUT2D eigenvalue weighted by Gasteiger charge is -2.17. The molecule has 0 radical (unpaired) electrons. The molecule has 0 aromatic carbocycles. The van der Waals surface area contributed by atoms with E-state index in [9.17, 15) is 28.8 Å². The van der Waals surface area contributed by atoms with Crippen LogP contribution >= 0.6 is 0 Å². The molecule has 0 heterocycles. The van der Waals surface area contributed by atoms with Crippen molar-refractivity contribution in [1.82, 2.24) is 0 Å². The van der Waals surface area contributed by atoms with E-state index in [-0.39, 0.29) is 50.8 Å². The van der Waals surface area contributed by atoms with Crippen LogP contribution in [0.25, 0.3) is 0 Å². The standard InChI is InChI=1S/C30H46O12/c1-7-13-39-27(33)21(5)23(29(35)41-15-9-3)19-25(31)37-17-11-12-18-38-26(32)20-24(30(36)42-16-10-4)22(6)28(34)40-14-8-2/h23-24H,5-20H2,1-4H3. The van der Waals surface area contributed by atoms with E-state index < -0.39 is 60.5 Å². The van der Waals surface area contributed by atoms with Crippen LogP contribution in [-0.2, 0) is 57.2 Å². The molecule has 238 valence electrons. The van der Waals surface area contributed by atoms with Crippen LogP contribution in [0.1, 0.15) is 79.1 Å². The molecule has 0 aliphatic rings. The molecule has 12 heteroatoms. The Bertz CT molecular complexity index is 849. The van der Waals surface area contributed by atoms with Gasteiger partial charge >= 0.3 is 35.8 Å². The van der Waals surface area contributed by atoms with Gasteiger partial charge in [-0.05, 0) is 38.5 Å². The van der Waals surface area contributed by atoms with Gasteiger partial charge in [0, 0.05) is 11.1 Å². The highest BCUT2D eigenvalue weighted by Crippen LogP contribution is 2.20. The lowest BCUT2D eigenvalue weighted by molar-refractivity contribution is -0.156. The first-order valence-electron chi connectivity index (χ1n) is 14.4. The first kappa shape index (κ1) is 38.3. The average molecular weight is 599 g/mol. The number of ether oxygens (including phenoxy) is 6. The first-order chi connectivity index (χ1) is 20.0. The van der Waals surface area contributed by atoms with Crippen LogP contribution < -0.4 is 0 Å². The molecule has 0 bridgehead atoms. The molecule has 2 unspecified atom stereocenters. The molecule has 0 saturated carbocycles. The number of hydrogen-bond acceptors (Lipinski definition) is 12. The Morgan fingerprint density at radius 1 is 0.476 bits per heavy atom. The summed E-state index contributed by atoms with van der Waals surface area (Å²) < 4.78 is 30.5. The van der Waals surface area contributed by atoms with Crippen LogP contribution in [0.5, 0.6) is 0 Å². The number of esters is 6. The van der Waals surface area contributed by atoms with Crippen molar-refractivity contribution in [2.45, 2.75) is 79.1 Å². The van der Waals surface area contributed by atoms with Crippen LogP contribution in [0.4, 0.5) is 0 Å². The third kappa shape index (κ3) is 15.9. The molecule has 0 amide bonds. The number of carbonyl (C=O) groups excluding carboxylic acids is 6. The lowest BCUT2D eigenvalue weighted by Crippen LogP contribution is -2.28. The van der Waals surface area contributed by atoms with Crippen molar-refractivity contribution in [3.8, 4) is 0 Å². The van der Waals surface area contributed by atoms with Gasteiger partial charge in [-0.15, -0.1) is 0 Å². The summed E-state index contributed by atoms with van der Waals surface area (Å²) in [6.07, 6.45) is 2.03. The smallest absolute Gasteiger partial charge is 0.334 e. The van der Waals surface area contributed by atoms with Crippen molar-refractivity contribution in [1.29, 1.82) is 0 Å². The Balaban J connectivity index is 4.77. The minimum Gasteiger partial charge on any atom is -0.466 e. The normalized spacial score (nSPS) is 11.8. The van der Waals surface area contributed by atoms with Gasteiger partial charge < -0.3 is 28.4 Å². The minimum absolute atomic E-state index is 0.0358. The van der Waals surface area contributed by atoms with E-state index in [4.69, 9.17) is 28.4 Å². The second-order valence-electron chi connectivity index (χ2n) is 9.32. The van der Waals surface area contributed by atoms with Gasteiger partial charge in [0.1, 0.15) is 0 Å². The summed E-state index contributed by atoms with van der Waals surface area (Å²) in [4.78, 5) is 73.9. The van der Waals surface area contributed by atoms with Gasteiger partial charge in [0.05, 0.1) is 64.3 Å². The average Bonchev–Trinajstić information content (AvgIpc) is 2.98. The molecule has 42 heavy (non-hydrogen) atoms. The van der Waals surface area contributed by atoms with Gasteiger partial charge in [-0.1, -0.05) is 40.9 Å². The Kier molecular flexibility index (Phi) is 20.9. The molecular weight excluding hydrogens is 552 g/mol. The second kappa shape index (κ2) is 22.9. The minimum atomic E-state index is -1.24. The molecule has 0 aliphatic carbocycles. The molecule has 2 atom stereocenters. The van der Waals surface area contributed by atoms with E-state index in [1.54, 1.807) is 13.8 Å². The van der Waals surface area contributed by atoms with Crippen molar-refractivity contribution in [2.75, 3.05) is 39.6 Å². The predicted molar refractivity (Wildman–Crippen MR) is 151 cm³/mol. The van der Waals surface area contributed by atoms with Gasteiger partial charge in [0.25, 0.3) is 0 Å². The molecule has 0 saturated heterocycles. The zero-order chi connectivity index (χ0) is 31.9. The lowest BCUT2D eigenvalue weighted by atomic mass is 9.97. The van der Waals surface area contributed by atoms with Crippen LogP contribution in [0.2, 0.25) is 0 Å². The van der Waals surface area contributed by atoms with Crippen LogP contribution in [0, 0.1) is 11.8 Å². The number of hydrogen-bond donors (Lipinski definition) is 0. The number of unbranched alkanes of at least 4 members (excludes halogenated alkanes) is 1. The largest absolute Gasteiger partial charge is 0.466 e. The number of carbonyl (C=O) groups is 6. The summed E-state index contributed by atoms with van der Waals surface area (Å²) in [5.41, 5.74) is -0.377. The molecular formula is C30H46O12. The zero-order valence-corrected chi connectivity index (χ0v) is 25.4. The zero-order valence-electron chi connectivity index (χ0n) is 25.4. The highest BCUT2D eigenvalue weighted by Gasteiger charge is 2.32. The molecule has 0 spiro atoms. The molecule has 0 aliphatic heterocycles. The van der Waals surface area contributed by atoms with Crippen molar-refractivity contribution < 1.29 is 57.2 Å². The molecule has 0 fully saturated rings. The monoisotopic (exact) mass is 598 g/mol. The summed E-state index contributed by atoms with van der Waals surface area (Å²) in [5.74, 6) is -7.05. The first-order valence-corrected chi connectivity index (χ1v) is 14.4. The van der Waals surface area contributed by atoms with Gasteiger partial charge in [0.2, 0.25) is 0 Å². The molecule has 0 N–H and O–H groups in total. The Morgan fingerprint density at radius 3 is 1.10 bits per heavy atom. The fourth-order valence-corrected chi connectivity index (χ4v) is 3.19. The van der Waals surface area contributed by atoms with Gasteiger partial charge in [0.15, 0.2) is 0 Å². The maximum absolute atomic E-state index is 12.4. The summed E-state index contributed by atoms with van der Waals surface area (Å²) in [6.45, 7) is 14.9. The van der Waals surface area contributed by atoms with E-state index in [1.807, 2.05) is 13.8 Å². The SMILES string of the molecule is C=C(C(=O)OCCC)C(CC(=O)OCCCCOC(=O)CC(C(=C)C(=O)OCCC)C(=O)OCCC)C(=O)OCCC. The van der Waals surface area contributed by atoms with Crippen molar-refractivity contribution in [2.24, 2.45) is 11.8 Å². The molecule has 0 rings (SSSR count). The maximum atomic E-state index is 12.4. The van der Waals surface area contributed by atoms with E-state index >= 15 is 0 Å². The van der Waals surface area contributed by atoms with E-state index in [0.29, 0.717) is 38.5 Å². The molecule has 12 nitrogen and oxygen atoms in total. The third-order valence-electron chi connectivity index (χ3n) is 5.51. The Hall–Kier alpha value is -3.70. The highest BCUT2D eigenvalue weighted by molar-refractivity contribution is 5.97. The fraction of sp³-hybridized carbons (Fsp3) is 0.667. The van der Waals surface area contributed by atoms with Crippen molar-refractivity contribution in [3.05, 3.63) is 24.3 Å². The number of rotatable bonds is 23. The summed E-state index contributed by atoms with van der Waals surface area (Å²) in [7, 11) is 0. The van der Waals surface area contributed by atoms with Gasteiger partial charge in [-0.2, -0.15) is 0 Å². The van der Waals surface area contributed by atoms with Crippen molar-refractivity contribution in [3.63, 3.8) is 0 Å². The Morgan fingerprint density at radius 2 is 0.786 bits per heavy atom. The van der Waals surface area contributed by atoms with Gasteiger partial charge in [-0.25, -0.2) is 9.59 Å². The highest BCUT2D eigenvalue weighted by atomic mass is 16.6. The predicted octanol–water partition coefficient (Wildman–Crippen LogP) is 3.79. The second-order valence-corrected chi connectivity index (χ2v) is 9.32. The van der Waals surface area contributed by atoms with Crippen LogP contribution in [-0.4, -0.2) is 75.5 Å². The van der Waals surface area contributed by atoms with E-state index in [2.05, 4.69) is 13.2 Å². The summed E-state index contributed by atoms with van der Waals surface area (Å²) in [6, 6.07) is 0. The van der Waals surface area contributed by atoms with Crippen LogP contribution in [0.15, 0.2) is 24.3 Å². The van der Waals surface area contributed by atoms with Crippen LogP contribution in [0.3, 0.4) is 0 Å². The van der Waals surface area contributed by atoms with Gasteiger partial charge in [-0.3, -0.25) is 19.2 Å². The van der Waals surface area contributed by atoms with Crippen molar-refractivity contribution >= 4 is 35.8 Å². The van der Waals surface area contributed by atoms with E-state index in [0.717, 1.165) is 0 Å². The quantitative estimate of drug-likeness (QED) is 0.0726. The third-order valence-corrected chi connectivity index (χ3v) is 5.51. The Labute approximate surface area is 248 Å². The topological polar surface area (TPSA) is 158 Å². The fourth-order valence-electron chi connectivity index (χ4n) is 3.19. The van der Waals surface area contributed by atoms with E-state index in [1.165, 1.54) is 0 Å².